The van der Waals surface area contributed by atoms with Gasteiger partial charge in [0.05, 0.1) is 8.07 Å². The van der Waals surface area contributed by atoms with Crippen molar-refractivity contribution in [1.82, 2.24) is 0 Å². The van der Waals surface area contributed by atoms with Crippen LogP contribution in [0.2, 0.25) is 24.2 Å². The Labute approximate surface area is 210 Å². The topological polar surface area (TPSA) is 0 Å². The van der Waals surface area contributed by atoms with E-state index in [4.69, 9.17) is 0 Å². The van der Waals surface area contributed by atoms with E-state index in [1.807, 2.05) is 0 Å². The van der Waals surface area contributed by atoms with E-state index >= 15 is 0 Å². The average Bonchev–Trinajstić information content (AvgIpc) is 3.47. The Bertz CT molecular complexity index is 1460. The first-order valence-electron chi connectivity index (χ1n) is 12.7. The number of benzene rings is 4. The van der Waals surface area contributed by atoms with Crippen molar-refractivity contribution in [3.63, 3.8) is 0 Å². The Morgan fingerprint density at radius 1 is 0.514 bits per heavy atom. The van der Waals surface area contributed by atoms with Gasteiger partial charge in [-0.25, -0.2) is 0 Å². The second-order valence-electron chi connectivity index (χ2n) is 10.9. The molecule has 0 bridgehead atoms. The molecule has 4 aromatic rings. The fraction of sp³-hybridized carbons (Fsp3) is 0.176. The lowest BCUT2D eigenvalue weighted by Gasteiger charge is -2.36. The van der Waals surface area contributed by atoms with Crippen molar-refractivity contribution in [2.24, 2.45) is 0 Å². The first-order chi connectivity index (χ1) is 16.9. The van der Waals surface area contributed by atoms with Crippen LogP contribution in [0.4, 0.5) is 0 Å². The summed E-state index contributed by atoms with van der Waals surface area (Å²) in [5.74, 6) is 0. The molecule has 172 valence electrons. The lowest BCUT2D eigenvalue weighted by Crippen LogP contribution is -2.36. The van der Waals surface area contributed by atoms with Gasteiger partial charge in [0.2, 0.25) is 0 Å². The molecule has 2 aliphatic carbocycles. The summed E-state index contributed by atoms with van der Waals surface area (Å²) in [5.41, 5.74) is 9.61. The molecular formula is C34H32Si. The van der Waals surface area contributed by atoms with Crippen molar-refractivity contribution in [2.45, 2.75) is 38.0 Å². The third-order valence-corrected chi connectivity index (χ3v) is 12.7. The third-order valence-electron chi connectivity index (χ3n) is 8.24. The summed E-state index contributed by atoms with van der Waals surface area (Å²) < 4.78 is 0. The maximum atomic E-state index is 2.59. The number of hydrogen-bond acceptors (Lipinski definition) is 0. The largest absolute Gasteiger partial charge is 0.0721 e. The van der Waals surface area contributed by atoms with Crippen LogP contribution in [0.15, 0.2) is 120 Å². The summed E-state index contributed by atoms with van der Waals surface area (Å²) in [6.45, 7) is 9.86. The fourth-order valence-corrected chi connectivity index (χ4v) is 10.6. The molecule has 0 saturated carbocycles. The number of rotatable bonds is 4. The summed E-state index contributed by atoms with van der Waals surface area (Å²) in [6, 6.07) is 30.9. The van der Waals surface area contributed by atoms with Crippen LogP contribution in [0.3, 0.4) is 0 Å². The van der Waals surface area contributed by atoms with Crippen molar-refractivity contribution in [3.8, 4) is 0 Å². The predicted octanol–water partition coefficient (Wildman–Crippen LogP) is 9.83. The van der Waals surface area contributed by atoms with Crippen LogP contribution in [0, 0.1) is 0 Å². The van der Waals surface area contributed by atoms with Gasteiger partial charge in [-0.3, -0.25) is 0 Å². The molecule has 35 heavy (non-hydrogen) atoms. The van der Waals surface area contributed by atoms with E-state index < -0.39 is 8.07 Å². The maximum absolute atomic E-state index is 2.59. The standard InChI is InChI=1S/C34H32Si/c1-23-19-27(31-17-9-13-25-11-5-7-15-29(25)31)21-33(23)35(3,4)34-22-28(20-24(34)2)32-18-10-14-26-12-6-8-16-30(26)32/h5-22,33-34H,1-4H3. The van der Waals surface area contributed by atoms with E-state index in [-0.39, 0.29) is 0 Å². The zero-order valence-corrected chi connectivity index (χ0v) is 22.0. The number of hydrogen-bond donors (Lipinski definition) is 0. The molecule has 0 N–H and O–H groups in total. The second-order valence-corrected chi connectivity index (χ2v) is 15.7. The SMILES string of the molecule is CC1=CC(c2cccc3ccccc23)=CC1[Si](C)(C)C1C=C(c2cccc3ccccc23)C=C1C. The predicted molar refractivity (Wildman–Crippen MR) is 156 cm³/mol. The molecule has 6 rings (SSSR count). The van der Waals surface area contributed by atoms with Gasteiger partial charge in [0.25, 0.3) is 0 Å². The molecule has 0 fully saturated rings. The van der Waals surface area contributed by atoms with Crippen LogP contribution < -0.4 is 0 Å². The Morgan fingerprint density at radius 3 is 1.37 bits per heavy atom. The molecule has 0 radical (unpaired) electrons. The molecule has 2 aliphatic rings. The molecule has 4 aromatic carbocycles. The highest BCUT2D eigenvalue weighted by molar-refractivity contribution is 6.82. The van der Waals surface area contributed by atoms with Gasteiger partial charge in [0.15, 0.2) is 0 Å². The van der Waals surface area contributed by atoms with E-state index in [2.05, 4.69) is 136 Å². The summed E-state index contributed by atoms with van der Waals surface area (Å²) in [5, 5.41) is 5.32. The van der Waals surface area contributed by atoms with Gasteiger partial charge in [-0.2, -0.15) is 0 Å². The minimum absolute atomic E-state index is 0.535. The zero-order chi connectivity index (χ0) is 24.2. The van der Waals surface area contributed by atoms with Gasteiger partial charge in [0, 0.05) is 0 Å². The number of fused-ring (bicyclic) bond motifs is 2. The Hall–Kier alpha value is -3.42. The van der Waals surface area contributed by atoms with Crippen LogP contribution in [-0.4, -0.2) is 8.07 Å². The van der Waals surface area contributed by atoms with Crippen LogP contribution in [0.5, 0.6) is 0 Å². The first-order valence-corrected chi connectivity index (χ1v) is 15.9. The van der Waals surface area contributed by atoms with Crippen LogP contribution in [0.25, 0.3) is 32.7 Å². The second kappa shape index (κ2) is 8.36. The average molecular weight is 469 g/mol. The number of allylic oxidation sites excluding steroid dienone is 8. The van der Waals surface area contributed by atoms with Crippen LogP contribution >= 0.6 is 0 Å². The van der Waals surface area contributed by atoms with Crippen LogP contribution in [0.1, 0.15) is 25.0 Å². The van der Waals surface area contributed by atoms with Gasteiger partial charge >= 0.3 is 0 Å². The summed E-state index contributed by atoms with van der Waals surface area (Å²) >= 11 is 0. The van der Waals surface area contributed by atoms with Gasteiger partial charge < -0.3 is 0 Å². The highest BCUT2D eigenvalue weighted by atomic mass is 28.3. The first kappa shape index (κ1) is 22.1. The highest BCUT2D eigenvalue weighted by Gasteiger charge is 2.42. The molecule has 0 aliphatic heterocycles. The fourth-order valence-electron chi connectivity index (χ4n) is 6.47. The van der Waals surface area contributed by atoms with E-state index in [0.29, 0.717) is 11.1 Å². The van der Waals surface area contributed by atoms with Gasteiger partial charge in [-0.15, -0.1) is 0 Å². The molecule has 0 aromatic heterocycles. The van der Waals surface area contributed by atoms with E-state index in [0.717, 1.165) is 0 Å². The van der Waals surface area contributed by atoms with Crippen molar-refractivity contribution < 1.29 is 0 Å². The molecule has 0 heterocycles. The molecule has 1 heteroatoms. The van der Waals surface area contributed by atoms with Crippen molar-refractivity contribution in [1.29, 1.82) is 0 Å². The summed E-state index contributed by atoms with van der Waals surface area (Å²) in [6.07, 6.45) is 10.1. The Balaban J connectivity index is 1.38. The van der Waals surface area contributed by atoms with Gasteiger partial charge in [-0.1, -0.05) is 133 Å². The smallest absolute Gasteiger partial charge is 0.0706 e. The van der Waals surface area contributed by atoms with Gasteiger partial charge in [-0.05, 0) is 68.7 Å². The normalized spacial score (nSPS) is 20.1. The molecule has 0 amide bonds. The lowest BCUT2D eigenvalue weighted by molar-refractivity contribution is 1.06. The summed E-state index contributed by atoms with van der Waals surface area (Å²) in [4.78, 5) is 0. The third kappa shape index (κ3) is 3.66. The maximum Gasteiger partial charge on any atom is 0.0706 e. The Morgan fingerprint density at radius 2 is 0.914 bits per heavy atom. The monoisotopic (exact) mass is 468 g/mol. The van der Waals surface area contributed by atoms with E-state index in [1.165, 1.54) is 55.0 Å². The molecule has 0 nitrogen and oxygen atoms in total. The molecule has 2 atom stereocenters. The van der Waals surface area contributed by atoms with Crippen LogP contribution in [-0.2, 0) is 0 Å². The van der Waals surface area contributed by atoms with Crippen molar-refractivity contribution in [3.05, 3.63) is 132 Å². The lowest BCUT2D eigenvalue weighted by atomic mass is 9.99. The van der Waals surface area contributed by atoms with E-state index in [9.17, 15) is 0 Å². The molecule has 0 saturated heterocycles. The Kier molecular flexibility index (Phi) is 5.27. The van der Waals surface area contributed by atoms with Gasteiger partial charge in [0.1, 0.15) is 0 Å². The summed E-state index contributed by atoms with van der Waals surface area (Å²) in [7, 11) is -1.74. The van der Waals surface area contributed by atoms with Crippen molar-refractivity contribution >= 4 is 40.8 Å². The van der Waals surface area contributed by atoms with E-state index in [1.54, 1.807) is 0 Å². The quantitative estimate of drug-likeness (QED) is 0.261. The molecule has 0 spiro atoms. The molecule has 2 unspecified atom stereocenters. The molecular weight excluding hydrogens is 436 g/mol. The van der Waals surface area contributed by atoms with Crippen molar-refractivity contribution in [2.75, 3.05) is 0 Å². The minimum atomic E-state index is -1.74. The highest BCUT2D eigenvalue weighted by Crippen LogP contribution is 2.51. The minimum Gasteiger partial charge on any atom is -0.0721 e. The zero-order valence-electron chi connectivity index (χ0n) is 21.0.